The third kappa shape index (κ3) is 3.88. The van der Waals surface area contributed by atoms with Gasteiger partial charge in [0.2, 0.25) is 0 Å². The lowest BCUT2D eigenvalue weighted by atomic mass is 10.3. The number of carbonyl (C=O) groups excluding carboxylic acids is 2. The van der Waals surface area contributed by atoms with Crippen LogP contribution in [0.4, 0.5) is 0 Å². The maximum atomic E-state index is 11.2. The highest BCUT2D eigenvalue weighted by molar-refractivity contribution is 5.92. The monoisotopic (exact) mass is 158 g/mol. The van der Waals surface area contributed by atoms with Gasteiger partial charge >= 0.3 is 5.91 Å². The minimum Gasteiger partial charge on any atom is -0.299 e. The van der Waals surface area contributed by atoms with Crippen molar-refractivity contribution in [2.75, 3.05) is 13.1 Å². The SMILES string of the molecule is CC[NH+](CC)C(=O)CC(C)=O. The first-order chi connectivity index (χ1) is 5.11. The molecule has 0 spiro atoms. The standard InChI is InChI=1S/C8H15NO2/c1-4-9(5-2)8(11)6-7(3)10/h4-6H2,1-3H3/p+1. The van der Waals surface area contributed by atoms with Crippen molar-refractivity contribution in [1.29, 1.82) is 0 Å². The summed E-state index contributed by atoms with van der Waals surface area (Å²) in [4.78, 5) is 22.6. The lowest BCUT2D eigenvalue weighted by molar-refractivity contribution is -0.816. The highest BCUT2D eigenvalue weighted by Gasteiger charge is 2.16. The molecule has 0 radical (unpaired) electrons. The average Bonchev–Trinajstić information content (AvgIpc) is 1.88. The Morgan fingerprint density at radius 2 is 1.64 bits per heavy atom. The predicted molar refractivity (Wildman–Crippen MR) is 42.3 cm³/mol. The maximum absolute atomic E-state index is 11.2. The number of ketones is 1. The van der Waals surface area contributed by atoms with Crippen molar-refractivity contribution >= 4 is 11.7 Å². The molecule has 1 amide bonds. The molecular formula is C8H16NO2+. The minimum absolute atomic E-state index is 0.0162. The summed E-state index contributed by atoms with van der Waals surface area (Å²) in [5.74, 6) is -0.0306. The molecule has 0 heterocycles. The Labute approximate surface area is 67.4 Å². The number of amides is 1. The molecule has 0 saturated heterocycles. The first kappa shape index (κ1) is 10.3. The fourth-order valence-electron chi connectivity index (χ4n) is 0.995. The van der Waals surface area contributed by atoms with Crippen molar-refractivity contribution in [1.82, 2.24) is 0 Å². The van der Waals surface area contributed by atoms with Gasteiger partial charge in [0, 0.05) is 0 Å². The molecule has 0 fully saturated rings. The molecule has 0 atom stereocenters. The Bertz CT molecular complexity index is 150. The van der Waals surface area contributed by atoms with Gasteiger partial charge in [-0.25, -0.2) is 4.79 Å². The molecular weight excluding hydrogens is 142 g/mol. The van der Waals surface area contributed by atoms with Gasteiger partial charge in [0.1, 0.15) is 12.2 Å². The number of nitrogens with one attached hydrogen (secondary N) is 1. The lowest BCUT2D eigenvalue weighted by Gasteiger charge is -2.10. The van der Waals surface area contributed by atoms with Gasteiger partial charge in [-0.05, 0) is 20.8 Å². The fourth-order valence-corrected chi connectivity index (χ4v) is 0.995. The minimum atomic E-state index is -0.0469. The Hall–Kier alpha value is -0.700. The van der Waals surface area contributed by atoms with E-state index in [1.807, 2.05) is 13.8 Å². The zero-order valence-electron chi connectivity index (χ0n) is 7.44. The molecule has 0 unspecified atom stereocenters. The van der Waals surface area contributed by atoms with Crippen molar-refractivity contribution in [3.8, 4) is 0 Å². The molecule has 0 aromatic heterocycles. The van der Waals surface area contributed by atoms with Crippen LogP contribution >= 0.6 is 0 Å². The third-order valence-electron chi connectivity index (χ3n) is 1.66. The van der Waals surface area contributed by atoms with Gasteiger partial charge in [-0.15, -0.1) is 0 Å². The van der Waals surface area contributed by atoms with E-state index in [1.165, 1.54) is 6.92 Å². The van der Waals surface area contributed by atoms with Crippen LogP contribution in [-0.4, -0.2) is 24.8 Å². The van der Waals surface area contributed by atoms with E-state index in [0.717, 1.165) is 18.0 Å². The molecule has 0 aliphatic rings. The molecule has 0 rings (SSSR count). The third-order valence-corrected chi connectivity index (χ3v) is 1.66. The maximum Gasteiger partial charge on any atom is 0.319 e. The van der Waals surface area contributed by atoms with E-state index in [4.69, 9.17) is 0 Å². The number of hydrogen-bond acceptors (Lipinski definition) is 2. The van der Waals surface area contributed by atoms with Crippen LogP contribution < -0.4 is 4.90 Å². The van der Waals surface area contributed by atoms with Crippen LogP contribution in [0.3, 0.4) is 0 Å². The van der Waals surface area contributed by atoms with Crippen molar-refractivity contribution in [2.24, 2.45) is 0 Å². The average molecular weight is 158 g/mol. The Kier molecular flexibility index (Phi) is 4.70. The van der Waals surface area contributed by atoms with Gasteiger partial charge in [0.05, 0.1) is 13.1 Å². The number of hydrogen-bond donors (Lipinski definition) is 1. The van der Waals surface area contributed by atoms with Gasteiger partial charge < -0.3 is 0 Å². The first-order valence-corrected chi connectivity index (χ1v) is 3.99. The van der Waals surface area contributed by atoms with Crippen molar-refractivity contribution in [3.05, 3.63) is 0 Å². The molecule has 11 heavy (non-hydrogen) atoms. The Morgan fingerprint density at radius 1 is 1.18 bits per heavy atom. The van der Waals surface area contributed by atoms with E-state index in [0.29, 0.717) is 0 Å². The number of carbonyl (C=O) groups is 2. The quantitative estimate of drug-likeness (QED) is 0.556. The first-order valence-electron chi connectivity index (χ1n) is 3.99. The Morgan fingerprint density at radius 3 is 1.91 bits per heavy atom. The largest absolute Gasteiger partial charge is 0.319 e. The number of Topliss-reactive ketones (excluding diaryl/α,β-unsaturated/α-hetero) is 1. The second-order valence-electron chi connectivity index (χ2n) is 2.61. The van der Waals surface area contributed by atoms with E-state index in [2.05, 4.69) is 0 Å². The van der Waals surface area contributed by atoms with Gasteiger partial charge in [-0.2, -0.15) is 0 Å². The molecule has 0 aromatic rings. The highest BCUT2D eigenvalue weighted by Crippen LogP contribution is 1.77. The molecule has 0 saturated carbocycles. The topological polar surface area (TPSA) is 38.6 Å². The predicted octanol–water partition coefficient (Wildman–Crippen LogP) is -0.583. The molecule has 0 aliphatic heterocycles. The van der Waals surface area contributed by atoms with E-state index in [1.54, 1.807) is 0 Å². The van der Waals surface area contributed by atoms with Gasteiger partial charge in [0.15, 0.2) is 0 Å². The Balaban J connectivity index is 3.89. The van der Waals surface area contributed by atoms with Gasteiger partial charge in [-0.1, -0.05) is 0 Å². The summed E-state index contributed by atoms with van der Waals surface area (Å²) in [6, 6.07) is 0. The zero-order valence-corrected chi connectivity index (χ0v) is 7.44. The summed E-state index contributed by atoms with van der Waals surface area (Å²) in [7, 11) is 0. The van der Waals surface area contributed by atoms with Crippen LogP contribution in [0, 0.1) is 0 Å². The molecule has 64 valence electrons. The smallest absolute Gasteiger partial charge is 0.299 e. The fraction of sp³-hybridized carbons (Fsp3) is 0.750. The number of rotatable bonds is 4. The molecule has 0 bridgehead atoms. The molecule has 0 aromatic carbocycles. The van der Waals surface area contributed by atoms with E-state index in [-0.39, 0.29) is 18.1 Å². The van der Waals surface area contributed by atoms with Crippen LogP contribution in [-0.2, 0) is 9.59 Å². The van der Waals surface area contributed by atoms with Crippen molar-refractivity contribution in [3.63, 3.8) is 0 Å². The molecule has 0 aliphatic carbocycles. The van der Waals surface area contributed by atoms with Crippen LogP contribution in [0.2, 0.25) is 0 Å². The van der Waals surface area contributed by atoms with Crippen LogP contribution in [0.25, 0.3) is 0 Å². The van der Waals surface area contributed by atoms with Crippen LogP contribution in [0.1, 0.15) is 27.2 Å². The van der Waals surface area contributed by atoms with Crippen molar-refractivity contribution in [2.45, 2.75) is 27.2 Å². The van der Waals surface area contributed by atoms with E-state index < -0.39 is 0 Å². The summed E-state index contributed by atoms with van der Waals surface area (Å²) < 4.78 is 0. The second-order valence-corrected chi connectivity index (χ2v) is 2.61. The van der Waals surface area contributed by atoms with E-state index >= 15 is 0 Å². The summed E-state index contributed by atoms with van der Waals surface area (Å²) in [6.07, 6.45) is 0.0804. The summed E-state index contributed by atoms with van der Waals surface area (Å²) in [5, 5.41) is 0. The summed E-state index contributed by atoms with van der Waals surface area (Å²) in [6.45, 7) is 6.86. The normalized spacial score (nSPS) is 10.2. The molecule has 1 N–H and O–H groups in total. The van der Waals surface area contributed by atoms with Gasteiger partial charge in [-0.3, -0.25) is 9.69 Å². The lowest BCUT2D eigenvalue weighted by Crippen LogP contribution is -3.14. The van der Waals surface area contributed by atoms with Crippen LogP contribution in [0.5, 0.6) is 0 Å². The van der Waals surface area contributed by atoms with E-state index in [9.17, 15) is 9.59 Å². The highest BCUT2D eigenvalue weighted by atomic mass is 16.2. The zero-order chi connectivity index (χ0) is 8.85. The summed E-state index contributed by atoms with van der Waals surface area (Å²) in [5.41, 5.74) is 0. The molecule has 3 heteroatoms. The second kappa shape index (κ2) is 5.02. The molecule has 3 nitrogen and oxygen atoms in total. The van der Waals surface area contributed by atoms with Crippen LogP contribution in [0.15, 0.2) is 0 Å². The summed E-state index contributed by atoms with van der Waals surface area (Å²) >= 11 is 0. The van der Waals surface area contributed by atoms with Gasteiger partial charge in [0.25, 0.3) is 0 Å². The van der Waals surface area contributed by atoms with Crippen molar-refractivity contribution < 1.29 is 14.5 Å². The number of quaternary nitrogens is 1.